The van der Waals surface area contributed by atoms with Gasteiger partial charge in [0.1, 0.15) is 5.82 Å². The molecule has 1 aromatic heterocycles. The molecule has 0 radical (unpaired) electrons. The molecule has 0 spiro atoms. The Bertz CT molecular complexity index is 576. The van der Waals surface area contributed by atoms with Crippen molar-refractivity contribution >= 4 is 23.4 Å². The molecule has 0 aliphatic carbocycles. The second-order valence-corrected chi connectivity index (χ2v) is 4.45. The van der Waals surface area contributed by atoms with E-state index in [0.29, 0.717) is 16.7 Å². The highest BCUT2D eigenvalue weighted by Crippen LogP contribution is 2.26. The van der Waals surface area contributed by atoms with Crippen molar-refractivity contribution in [3.63, 3.8) is 0 Å². The Morgan fingerprint density at radius 2 is 2.05 bits per heavy atom. The van der Waals surface area contributed by atoms with Crippen molar-refractivity contribution in [2.24, 2.45) is 0 Å². The van der Waals surface area contributed by atoms with E-state index in [1.54, 1.807) is 6.07 Å². The molecule has 1 aromatic carbocycles. The van der Waals surface area contributed by atoms with E-state index in [2.05, 4.69) is 15.3 Å². The second-order valence-electron chi connectivity index (χ2n) is 4.04. The summed E-state index contributed by atoms with van der Waals surface area (Å²) in [4.78, 5) is 8.04. The number of halogens is 1. The van der Waals surface area contributed by atoms with Crippen molar-refractivity contribution in [2.75, 3.05) is 18.2 Å². The summed E-state index contributed by atoms with van der Waals surface area (Å²) in [5, 5.41) is 3.92. The maximum Gasteiger partial charge on any atom is 0.225 e. The minimum absolute atomic E-state index is 0.00675. The first-order chi connectivity index (χ1) is 9.10. The Morgan fingerprint density at radius 1 is 1.32 bits per heavy atom. The average Bonchev–Trinajstić information content (AvgIpc) is 2.38. The molecule has 0 amide bonds. The number of nitrogens with two attached hydrogens (primary N) is 1. The lowest BCUT2D eigenvalue weighted by Gasteiger charge is -2.16. The van der Waals surface area contributed by atoms with Crippen molar-refractivity contribution in [1.29, 1.82) is 0 Å². The lowest BCUT2D eigenvalue weighted by molar-refractivity contribution is 0.398. The van der Waals surface area contributed by atoms with Crippen LogP contribution in [-0.2, 0) is 0 Å². The van der Waals surface area contributed by atoms with Crippen LogP contribution in [-0.4, -0.2) is 17.1 Å². The smallest absolute Gasteiger partial charge is 0.225 e. The average molecular weight is 279 g/mol. The fourth-order valence-corrected chi connectivity index (χ4v) is 2.05. The Balaban J connectivity index is 2.21. The van der Waals surface area contributed by atoms with Crippen LogP contribution in [0.3, 0.4) is 0 Å². The van der Waals surface area contributed by atoms with Gasteiger partial charge in [-0.15, -0.1) is 0 Å². The molecule has 19 heavy (non-hydrogen) atoms. The van der Waals surface area contributed by atoms with Crippen molar-refractivity contribution in [2.45, 2.75) is 13.0 Å². The predicted molar refractivity (Wildman–Crippen MR) is 76.5 cm³/mol. The van der Waals surface area contributed by atoms with Crippen molar-refractivity contribution in [3.8, 4) is 5.88 Å². The molecule has 0 saturated heterocycles. The minimum atomic E-state index is -0.00675. The van der Waals surface area contributed by atoms with E-state index in [4.69, 9.17) is 22.1 Å². The van der Waals surface area contributed by atoms with Crippen LogP contribution < -0.4 is 15.8 Å². The van der Waals surface area contributed by atoms with E-state index in [-0.39, 0.29) is 12.0 Å². The topological polar surface area (TPSA) is 73.1 Å². The van der Waals surface area contributed by atoms with Gasteiger partial charge in [-0.2, -0.15) is 9.97 Å². The number of benzene rings is 1. The van der Waals surface area contributed by atoms with Gasteiger partial charge in [-0.25, -0.2) is 0 Å². The maximum atomic E-state index is 6.15. The summed E-state index contributed by atoms with van der Waals surface area (Å²) >= 11 is 6.15. The number of anilines is 2. The Kier molecular flexibility index (Phi) is 4.06. The van der Waals surface area contributed by atoms with Gasteiger partial charge in [0.15, 0.2) is 0 Å². The number of aromatic nitrogens is 2. The molecule has 1 unspecified atom stereocenters. The molecule has 1 atom stereocenters. The molecule has 0 bridgehead atoms. The van der Waals surface area contributed by atoms with Gasteiger partial charge in [0.05, 0.1) is 13.2 Å². The number of ether oxygens (including phenoxy) is 1. The first kappa shape index (κ1) is 13.4. The summed E-state index contributed by atoms with van der Waals surface area (Å²) in [5.74, 6) is 1.17. The van der Waals surface area contributed by atoms with E-state index in [0.717, 1.165) is 5.56 Å². The molecule has 5 nitrogen and oxygen atoms in total. The molecule has 2 aromatic rings. The van der Waals surface area contributed by atoms with Crippen molar-refractivity contribution in [1.82, 2.24) is 9.97 Å². The normalized spacial score (nSPS) is 11.9. The number of rotatable bonds is 4. The molecular weight excluding hydrogens is 264 g/mol. The summed E-state index contributed by atoms with van der Waals surface area (Å²) in [7, 11) is 1.53. The standard InChI is InChI=1S/C13H15ClN4O/c1-8(9-5-3-4-6-10(9)14)16-11-7-12(19-2)18-13(15)17-11/h3-8H,1-2H3,(H3,15,16,17,18). The van der Waals surface area contributed by atoms with Crippen LogP contribution in [0.4, 0.5) is 11.8 Å². The van der Waals surface area contributed by atoms with Crippen LogP contribution in [0, 0.1) is 0 Å². The zero-order valence-corrected chi connectivity index (χ0v) is 11.5. The number of methoxy groups -OCH3 is 1. The second kappa shape index (κ2) is 5.75. The molecular formula is C13H15ClN4O. The lowest BCUT2D eigenvalue weighted by Crippen LogP contribution is -2.10. The summed E-state index contributed by atoms with van der Waals surface area (Å²) in [5.41, 5.74) is 6.60. The van der Waals surface area contributed by atoms with E-state index >= 15 is 0 Å². The van der Waals surface area contributed by atoms with E-state index < -0.39 is 0 Å². The third-order valence-corrected chi connectivity index (χ3v) is 3.01. The van der Waals surface area contributed by atoms with Crippen LogP contribution in [0.5, 0.6) is 5.88 Å². The summed E-state index contributed by atoms with van der Waals surface area (Å²) < 4.78 is 5.05. The number of hydrogen-bond acceptors (Lipinski definition) is 5. The highest BCUT2D eigenvalue weighted by atomic mass is 35.5. The van der Waals surface area contributed by atoms with Gasteiger partial charge < -0.3 is 15.8 Å². The van der Waals surface area contributed by atoms with Crippen LogP contribution in [0.15, 0.2) is 30.3 Å². The summed E-state index contributed by atoms with van der Waals surface area (Å²) in [6.45, 7) is 1.99. The fourth-order valence-electron chi connectivity index (χ4n) is 1.75. The molecule has 1 heterocycles. The van der Waals surface area contributed by atoms with Crippen molar-refractivity contribution < 1.29 is 4.74 Å². The fraction of sp³-hybridized carbons (Fsp3) is 0.231. The number of nitrogens with zero attached hydrogens (tertiary/aromatic N) is 2. The van der Waals surface area contributed by atoms with Crippen LogP contribution in [0.25, 0.3) is 0 Å². The van der Waals surface area contributed by atoms with E-state index in [9.17, 15) is 0 Å². The molecule has 0 aliphatic heterocycles. The summed E-state index contributed by atoms with van der Waals surface area (Å²) in [6, 6.07) is 9.32. The van der Waals surface area contributed by atoms with Crippen LogP contribution in [0.2, 0.25) is 5.02 Å². The predicted octanol–water partition coefficient (Wildman–Crippen LogP) is 2.89. The maximum absolute atomic E-state index is 6.15. The van der Waals surface area contributed by atoms with Gasteiger partial charge in [0.2, 0.25) is 11.8 Å². The Hall–Kier alpha value is -2.01. The minimum Gasteiger partial charge on any atom is -0.481 e. The molecule has 0 saturated carbocycles. The monoisotopic (exact) mass is 278 g/mol. The molecule has 6 heteroatoms. The van der Waals surface area contributed by atoms with Crippen LogP contribution >= 0.6 is 11.6 Å². The highest BCUT2D eigenvalue weighted by Gasteiger charge is 2.11. The molecule has 100 valence electrons. The quantitative estimate of drug-likeness (QED) is 0.900. The molecule has 0 fully saturated rings. The number of hydrogen-bond donors (Lipinski definition) is 2. The molecule has 3 N–H and O–H groups in total. The largest absolute Gasteiger partial charge is 0.481 e. The Morgan fingerprint density at radius 3 is 2.74 bits per heavy atom. The van der Waals surface area contributed by atoms with Crippen LogP contribution in [0.1, 0.15) is 18.5 Å². The zero-order chi connectivity index (χ0) is 13.8. The molecule has 2 rings (SSSR count). The third-order valence-electron chi connectivity index (χ3n) is 2.67. The summed E-state index contributed by atoms with van der Waals surface area (Å²) in [6.07, 6.45) is 0. The van der Waals surface area contributed by atoms with Crippen molar-refractivity contribution in [3.05, 3.63) is 40.9 Å². The number of nitrogen functional groups attached to an aromatic ring is 1. The van der Waals surface area contributed by atoms with E-state index in [1.165, 1.54) is 7.11 Å². The zero-order valence-electron chi connectivity index (χ0n) is 10.7. The van der Waals surface area contributed by atoms with Gasteiger partial charge in [0, 0.05) is 11.1 Å². The van der Waals surface area contributed by atoms with Gasteiger partial charge in [-0.3, -0.25) is 0 Å². The van der Waals surface area contributed by atoms with Gasteiger partial charge >= 0.3 is 0 Å². The number of nitrogens with one attached hydrogen (secondary N) is 1. The molecule has 0 aliphatic rings. The lowest BCUT2D eigenvalue weighted by atomic mass is 10.1. The first-order valence-corrected chi connectivity index (χ1v) is 6.17. The van der Waals surface area contributed by atoms with Gasteiger partial charge in [0.25, 0.3) is 0 Å². The first-order valence-electron chi connectivity index (χ1n) is 5.79. The Labute approximate surface area is 116 Å². The highest BCUT2D eigenvalue weighted by molar-refractivity contribution is 6.31. The van der Waals surface area contributed by atoms with Gasteiger partial charge in [-0.1, -0.05) is 29.8 Å². The van der Waals surface area contributed by atoms with Gasteiger partial charge in [-0.05, 0) is 18.6 Å². The SMILES string of the molecule is COc1cc(NC(C)c2ccccc2Cl)nc(N)n1. The van der Waals surface area contributed by atoms with E-state index in [1.807, 2.05) is 31.2 Å². The third kappa shape index (κ3) is 3.26.